The summed E-state index contributed by atoms with van der Waals surface area (Å²) in [4.78, 5) is 24.6. The second-order valence-electron chi connectivity index (χ2n) is 4.58. The fourth-order valence-corrected chi connectivity index (χ4v) is 2.76. The van der Waals surface area contributed by atoms with Crippen molar-refractivity contribution in [1.29, 1.82) is 0 Å². The Balaban J connectivity index is 2.10. The zero-order valence-corrected chi connectivity index (χ0v) is 13.7. The number of hydrogen-bond donors (Lipinski definition) is 1. The first-order chi connectivity index (χ1) is 11.1. The number of carbonyl (C=O) groups is 2. The lowest BCUT2D eigenvalue weighted by atomic mass is 10.2. The number of amides is 1. The molecule has 1 heterocycles. The highest BCUT2D eigenvalue weighted by Gasteiger charge is 2.15. The smallest absolute Gasteiger partial charge is 0.335 e. The minimum atomic E-state index is -0.993. The number of aromatic nitrogens is 4. The van der Waals surface area contributed by atoms with Crippen LogP contribution in [0.5, 0.6) is 0 Å². The fourth-order valence-electron chi connectivity index (χ4n) is 1.97. The summed E-state index contributed by atoms with van der Waals surface area (Å²) in [5.41, 5.74) is 0.825. The predicted octanol–water partition coefficient (Wildman–Crippen LogP) is 1.32. The van der Waals surface area contributed by atoms with Gasteiger partial charge in [0.25, 0.3) is 0 Å². The lowest BCUT2D eigenvalue weighted by molar-refractivity contribution is -0.127. The van der Waals surface area contributed by atoms with Gasteiger partial charge in [0.1, 0.15) is 0 Å². The zero-order valence-electron chi connectivity index (χ0n) is 12.8. The Bertz CT molecular complexity index is 682. The molecule has 0 bridgehead atoms. The number of aromatic carboxylic acids is 1. The van der Waals surface area contributed by atoms with Gasteiger partial charge in [0.15, 0.2) is 0 Å². The molecule has 2 aromatic rings. The molecule has 1 aromatic carbocycles. The lowest BCUT2D eigenvalue weighted by Gasteiger charge is -2.17. The predicted molar refractivity (Wildman–Crippen MR) is 84.8 cm³/mol. The van der Waals surface area contributed by atoms with E-state index in [0.717, 1.165) is 0 Å². The van der Waals surface area contributed by atoms with Crippen LogP contribution in [0.2, 0.25) is 0 Å². The number of tetrazole rings is 1. The van der Waals surface area contributed by atoms with Crippen LogP contribution in [-0.2, 0) is 4.79 Å². The van der Waals surface area contributed by atoms with E-state index in [1.54, 1.807) is 17.0 Å². The van der Waals surface area contributed by atoms with E-state index in [1.807, 2.05) is 13.8 Å². The monoisotopic (exact) mass is 335 g/mol. The molecule has 9 heteroatoms. The average molecular weight is 335 g/mol. The van der Waals surface area contributed by atoms with E-state index in [2.05, 4.69) is 15.5 Å². The summed E-state index contributed by atoms with van der Waals surface area (Å²) in [5.74, 6) is -0.724. The van der Waals surface area contributed by atoms with Crippen molar-refractivity contribution >= 4 is 23.6 Å². The molecule has 0 saturated heterocycles. The molecule has 122 valence electrons. The summed E-state index contributed by atoms with van der Waals surface area (Å²) in [6.45, 7) is 5.19. The van der Waals surface area contributed by atoms with Gasteiger partial charge < -0.3 is 10.0 Å². The third kappa shape index (κ3) is 4.07. The van der Waals surface area contributed by atoms with Crippen LogP contribution >= 0.6 is 11.8 Å². The van der Waals surface area contributed by atoms with E-state index in [4.69, 9.17) is 5.11 Å². The van der Waals surface area contributed by atoms with Gasteiger partial charge >= 0.3 is 5.97 Å². The molecule has 0 aliphatic heterocycles. The van der Waals surface area contributed by atoms with Crippen molar-refractivity contribution in [3.8, 4) is 5.69 Å². The van der Waals surface area contributed by atoms with Gasteiger partial charge in [0, 0.05) is 13.1 Å². The van der Waals surface area contributed by atoms with E-state index in [9.17, 15) is 9.59 Å². The molecule has 23 heavy (non-hydrogen) atoms. The van der Waals surface area contributed by atoms with Crippen LogP contribution in [0.4, 0.5) is 0 Å². The van der Waals surface area contributed by atoms with Crippen molar-refractivity contribution in [2.45, 2.75) is 19.0 Å². The number of carbonyl (C=O) groups excluding carboxylic acids is 1. The molecule has 1 N–H and O–H groups in total. The van der Waals surface area contributed by atoms with E-state index in [-0.39, 0.29) is 17.2 Å². The minimum absolute atomic E-state index is 0.0239. The molecule has 0 saturated carbocycles. The molecular weight excluding hydrogens is 318 g/mol. The summed E-state index contributed by atoms with van der Waals surface area (Å²) in [7, 11) is 0. The highest BCUT2D eigenvalue weighted by molar-refractivity contribution is 7.99. The number of carboxylic acid groups (broad SMARTS) is 1. The first kappa shape index (κ1) is 16.9. The maximum Gasteiger partial charge on any atom is 0.335 e. The Kier molecular flexibility index (Phi) is 5.69. The SMILES string of the molecule is CCN(CC)C(=O)CSc1nnnn1-c1ccc(C(=O)O)cc1. The van der Waals surface area contributed by atoms with Gasteiger partial charge in [-0.2, -0.15) is 4.68 Å². The Labute approximate surface area is 137 Å². The molecule has 0 spiro atoms. The maximum absolute atomic E-state index is 12.0. The Hall–Kier alpha value is -2.42. The van der Waals surface area contributed by atoms with Gasteiger partial charge in [-0.25, -0.2) is 4.79 Å². The van der Waals surface area contributed by atoms with E-state index >= 15 is 0 Å². The standard InChI is InChI=1S/C14H17N5O3S/c1-3-18(4-2)12(20)9-23-14-15-16-17-19(14)11-7-5-10(6-8-11)13(21)22/h5-8H,3-4,9H2,1-2H3,(H,21,22). The van der Waals surface area contributed by atoms with Crippen molar-refractivity contribution in [2.75, 3.05) is 18.8 Å². The average Bonchev–Trinajstić information content (AvgIpc) is 3.02. The van der Waals surface area contributed by atoms with Crippen molar-refractivity contribution in [3.05, 3.63) is 29.8 Å². The molecule has 0 fully saturated rings. The van der Waals surface area contributed by atoms with E-state index in [1.165, 1.54) is 28.6 Å². The number of thioether (sulfide) groups is 1. The van der Waals surface area contributed by atoms with Crippen LogP contribution in [0.15, 0.2) is 29.4 Å². The van der Waals surface area contributed by atoms with Gasteiger partial charge in [-0.1, -0.05) is 11.8 Å². The van der Waals surface area contributed by atoms with Crippen molar-refractivity contribution in [3.63, 3.8) is 0 Å². The van der Waals surface area contributed by atoms with Gasteiger partial charge in [-0.05, 0) is 48.5 Å². The van der Waals surface area contributed by atoms with Crippen LogP contribution in [0.3, 0.4) is 0 Å². The third-order valence-corrected chi connectivity index (χ3v) is 4.14. The van der Waals surface area contributed by atoms with Crippen molar-refractivity contribution < 1.29 is 14.7 Å². The Morgan fingerprint density at radius 1 is 1.22 bits per heavy atom. The largest absolute Gasteiger partial charge is 0.478 e. The van der Waals surface area contributed by atoms with E-state index < -0.39 is 5.97 Å². The number of benzene rings is 1. The Morgan fingerprint density at radius 3 is 2.43 bits per heavy atom. The molecule has 0 unspecified atom stereocenters. The van der Waals surface area contributed by atoms with Crippen LogP contribution in [0.25, 0.3) is 5.69 Å². The van der Waals surface area contributed by atoms with Crippen LogP contribution < -0.4 is 0 Å². The summed E-state index contributed by atoms with van der Waals surface area (Å²) in [6.07, 6.45) is 0. The fraction of sp³-hybridized carbons (Fsp3) is 0.357. The molecule has 0 aliphatic carbocycles. The van der Waals surface area contributed by atoms with Gasteiger partial charge in [0.2, 0.25) is 11.1 Å². The molecule has 8 nitrogen and oxygen atoms in total. The quantitative estimate of drug-likeness (QED) is 0.761. The van der Waals surface area contributed by atoms with Gasteiger partial charge in [0.05, 0.1) is 17.0 Å². The summed E-state index contributed by atoms with van der Waals surface area (Å²) in [6, 6.07) is 6.20. The number of hydrogen-bond acceptors (Lipinski definition) is 6. The Morgan fingerprint density at radius 2 is 1.87 bits per heavy atom. The third-order valence-electron chi connectivity index (χ3n) is 3.24. The van der Waals surface area contributed by atoms with Gasteiger partial charge in [-0.3, -0.25) is 4.79 Å². The number of nitrogens with zero attached hydrogens (tertiary/aromatic N) is 5. The first-order valence-corrected chi connectivity index (χ1v) is 8.08. The number of rotatable bonds is 7. The first-order valence-electron chi connectivity index (χ1n) is 7.09. The normalized spacial score (nSPS) is 10.5. The molecular formula is C14H17N5O3S. The molecule has 1 aromatic heterocycles. The van der Waals surface area contributed by atoms with Crippen molar-refractivity contribution in [1.82, 2.24) is 25.1 Å². The molecule has 0 aliphatic rings. The zero-order chi connectivity index (χ0) is 16.8. The molecule has 1 amide bonds. The second-order valence-corrected chi connectivity index (χ2v) is 5.52. The van der Waals surface area contributed by atoms with Crippen molar-refractivity contribution in [2.24, 2.45) is 0 Å². The van der Waals surface area contributed by atoms with Crippen LogP contribution in [-0.4, -0.2) is 60.9 Å². The van der Waals surface area contributed by atoms with E-state index in [0.29, 0.717) is 23.9 Å². The molecule has 0 radical (unpaired) electrons. The maximum atomic E-state index is 12.0. The number of carboxylic acids is 1. The molecule has 0 atom stereocenters. The van der Waals surface area contributed by atoms with Crippen LogP contribution in [0.1, 0.15) is 24.2 Å². The minimum Gasteiger partial charge on any atom is -0.478 e. The summed E-state index contributed by atoms with van der Waals surface area (Å²) < 4.78 is 1.48. The highest BCUT2D eigenvalue weighted by atomic mass is 32.2. The van der Waals surface area contributed by atoms with Crippen LogP contribution in [0, 0.1) is 0 Å². The summed E-state index contributed by atoms with van der Waals surface area (Å²) >= 11 is 1.25. The van der Waals surface area contributed by atoms with Gasteiger partial charge in [-0.15, -0.1) is 5.10 Å². The highest BCUT2D eigenvalue weighted by Crippen LogP contribution is 2.19. The summed E-state index contributed by atoms with van der Waals surface area (Å²) in [5, 5.41) is 20.8. The topological polar surface area (TPSA) is 101 Å². The molecule has 2 rings (SSSR count). The lowest BCUT2D eigenvalue weighted by Crippen LogP contribution is -2.31. The second kappa shape index (κ2) is 7.73.